The summed E-state index contributed by atoms with van der Waals surface area (Å²) < 4.78 is 11.7. The minimum Gasteiger partial charge on any atom is -0.380 e. The predicted octanol–water partition coefficient (Wildman–Crippen LogP) is 3.56. The van der Waals surface area contributed by atoms with Crippen LogP contribution in [0.3, 0.4) is 0 Å². The summed E-state index contributed by atoms with van der Waals surface area (Å²) in [5.41, 5.74) is 1.21. The molecule has 0 bridgehead atoms. The van der Waals surface area contributed by atoms with Crippen LogP contribution < -0.4 is 5.32 Å². The molecule has 3 heteroatoms. The lowest BCUT2D eigenvalue weighted by molar-refractivity contribution is -0.00104. The monoisotopic (exact) mass is 279 g/mol. The van der Waals surface area contributed by atoms with Gasteiger partial charge >= 0.3 is 0 Å². The van der Waals surface area contributed by atoms with Crippen molar-refractivity contribution in [2.75, 3.05) is 26.4 Å². The summed E-state index contributed by atoms with van der Waals surface area (Å²) in [4.78, 5) is 0. The van der Waals surface area contributed by atoms with Crippen LogP contribution in [0.5, 0.6) is 0 Å². The highest BCUT2D eigenvalue weighted by molar-refractivity contribution is 5.19. The molecule has 0 fully saturated rings. The molecule has 114 valence electrons. The zero-order chi connectivity index (χ0) is 14.6. The van der Waals surface area contributed by atoms with Crippen molar-refractivity contribution in [3.05, 3.63) is 35.9 Å². The third-order valence-electron chi connectivity index (χ3n) is 3.14. The average molecular weight is 279 g/mol. The average Bonchev–Trinajstić information content (AvgIpc) is 2.50. The molecule has 0 aromatic heterocycles. The van der Waals surface area contributed by atoms with E-state index in [9.17, 15) is 0 Å². The number of benzene rings is 1. The van der Waals surface area contributed by atoms with Crippen LogP contribution >= 0.6 is 0 Å². The van der Waals surface area contributed by atoms with Gasteiger partial charge in [0.2, 0.25) is 0 Å². The van der Waals surface area contributed by atoms with E-state index in [0.717, 1.165) is 26.0 Å². The van der Waals surface area contributed by atoms with Gasteiger partial charge in [0.15, 0.2) is 0 Å². The van der Waals surface area contributed by atoms with Crippen molar-refractivity contribution >= 4 is 0 Å². The van der Waals surface area contributed by atoms with Gasteiger partial charge in [-0.2, -0.15) is 0 Å². The molecule has 0 aliphatic heterocycles. The molecule has 0 spiro atoms. The maximum atomic E-state index is 5.98. The number of hydrogen-bond acceptors (Lipinski definition) is 3. The van der Waals surface area contributed by atoms with Gasteiger partial charge in [0.1, 0.15) is 0 Å². The third-order valence-corrected chi connectivity index (χ3v) is 3.14. The number of ether oxygens (including phenoxy) is 2. The molecular formula is C17H29NO2. The Morgan fingerprint density at radius 3 is 2.40 bits per heavy atom. The molecule has 0 radical (unpaired) electrons. The standard InChI is InChI=1S/C17H29NO2/c1-4-12-18-16(14-19-13-5-2)17(20-6-3)15-10-8-7-9-11-15/h7-11,16-18H,4-6,12-14H2,1-3H3. The van der Waals surface area contributed by atoms with Gasteiger partial charge < -0.3 is 14.8 Å². The van der Waals surface area contributed by atoms with Gasteiger partial charge in [-0.1, -0.05) is 44.2 Å². The summed E-state index contributed by atoms with van der Waals surface area (Å²) in [6, 6.07) is 10.6. The van der Waals surface area contributed by atoms with Crippen LogP contribution in [0.4, 0.5) is 0 Å². The van der Waals surface area contributed by atoms with E-state index in [0.29, 0.717) is 13.2 Å². The van der Waals surface area contributed by atoms with Gasteiger partial charge in [-0.3, -0.25) is 0 Å². The fraction of sp³-hybridized carbons (Fsp3) is 0.647. The Labute approximate surface area is 123 Å². The van der Waals surface area contributed by atoms with E-state index in [4.69, 9.17) is 9.47 Å². The fourth-order valence-corrected chi connectivity index (χ4v) is 2.20. The molecule has 2 unspecified atom stereocenters. The molecule has 1 rings (SSSR count). The molecule has 3 nitrogen and oxygen atoms in total. The van der Waals surface area contributed by atoms with Gasteiger partial charge in [0, 0.05) is 13.2 Å². The number of rotatable bonds is 11. The zero-order valence-electron chi connectivity index (χ0n) is 13.1. The Morgan fingerprint density at radius 1 is 1.05 bits per heavy atom. The maximum absolute atomic E-state index is 5.98. The van der Waals surface area contributed by atoms with E-state index in [1.54, 1.807) is 0 Å². The molecule has 1 N–H and O–H groups in total. The van der Waals surface area contributed by atoms with Gasteiger partial charge in [-0.25, -0.2) is 0 Å². The highest BCUT2D eigenvalue weighted by Crippen LogP contribution is 2.21. The lowest BCUT2D eigenvalue weighted by Gasteiger charge is -2.28. The molecule has 1 aromatic carbocycles. The van der Waals surface area contributed by atoms with Crippen molar-refractivity contribution < 1.29 is 9.47 Å². The first-order valence-electron chi connectivity index (χ1n) is 7.81. The van der Waals surface area contributed by atoms with Crippen LogP contribution in [0.25, 0.3) is 0 Å². The molecule has 0 amide bonds. The molecule has 0 aliphatic rings. The summed E-state index contributed by atoms with van der Waals surface area (Å²) in [6.07, 6.45) is 2.20. The van der Waals surface area contributed by atoms with E-state index in [-0.39, 0.29) is 12.1 Å². The lowest BCUT2D eigenvalue weighted by atomic mass is 10.0. The highest BCUT2D eigenvalue weighted by atomic mass is 16.5. The Balaban J connectivity index is 2.74. The summed E-state index contributed by atoms with van der Waals surface area (Å²) in [5, 5.41) is 3.56. The normalized spacial score (nSPS) is 14.2. The Morgan fingerprint density at radius 2 is 1.80 bits per heavy atom. The molecule has 2 atom stereocenters. The van der Waals surface area contributed by atoms with Crippen molar-refractivity contribution in [1.29, 1.82) is 0 Å². The molecule has 0 saturated carbocycles. The van der Waals surface area contributed by atoms with Crippen molar-refractivity contribution in [3.63, 3.8) is 0 Å². The second-order valence-electron chi connectivity index (χ2n) is 4.92. The first-order valence-corrected chi connectivity index (χ1v) is 7.81. The van der Waals surface area contributed by atoms with Gasteiger partial charge in [-0.05, 0) is 31.9 Å². The Hall–Kier alpha value is -0.900. The molecule has 20 heavy (non-hydrogen) atoms. The quantitative estimate of drug-likeness (QED) is 0.628. The van der Waals surface area contributed by atoms with Crippen LogP contribution in [0.1, 0.15) is 45.3 Å². The Bertz CT molecular complexity index is 329. The Kier molecular flexibility index (Phi) is 9.29. The van der Waals surface area contributed by atoms with E-state index in [1.807, 2.05) is 13.0 Å². The number of hydrogen-bond donors (Lipinski definition) is 1. The summed E-state index contributed by atoms with van der Waals surface area (Å²) in [7, 11) is 0. The lowest BCUT2D eigenvalue weighted by Crippen LogP contribution is -2.40. The van der Waals surface area contributed by atoms with Gasteiger partial charge in [0.05, 0.1) is 18.8 Å². The van der Waals surface area contributed by atoms with Gasteiger partial charge in [-0.15, -0.1) is 0 Å². The minimum absolute atomic E-state index is 0.0459. The SMILES string of the molecule is CCCNC(COCCC)C(OCC)c1ccccc1. The molecule has 0 heterocycles. The van der Waals surface area contributed by atoms with Crippen molar-refractivity contribution in [2.45, 2.75) is 45.8 Å². The van der Waals surface area contributed by atoms with Crippen LogP contribution in [0.2, 0.25) is 0 Å². The van der Waals surface area contributed by atoms with Crippen molar-refractivity contribution in [1.82, 2.24) is 5.32 Å². The van der Waals surface area contributed by atoms with E-state index in [1.165, 1.54) is 5.56 Å². The van der Waals surface area contributed by atoms with Crippen molar-refractivity contribution in [3.8, 4) is 0 Å². The smallest absolute Gasteiger partial charge is 0.1000 e. The fourth-order valence-electron chi connectivity index (χ4n) is 2.20. The summed E-state index contributed by atoms with van der Waals surface area (Å²) in [5.74, 6) is 0. The molecular weight excluding hydrogens is 250 g/mol. The molecule has 0 saturated heterocycles. The molecule has 0 aliphatic carbocycles. The van der Waals surface area contributed by atoms with Gasteiger partial charge in [0.25, 0.3) is 0 Å². The third kappa shape index (κ3) is 6.04. The van der Waals surface area contributed by atoms with Crippen LogP contribution in [-0.4, -0.2) is 32.4 Å². The second-order valence-corrected chi connectivity index (χ2v) is 4.92. The maximum Gasteiger partial charge on any atom is 0.1000 e. The first kappa shape index (κ1) is 17.2. The van der Waals surface area contributed by atoms with Crippen LogP contribution in [0, 0.1) is 0 Å². The van der Waals surface area contributed by atoms with Crippen LogP contribution in [-0.2, 0) is 9.47 Å². The van der Waals surface area contributed by atoms with E-state index < -0.39 is 0 Å². The minimum atomic E-state index is 0.0459. The zero-order valence-corrected chi connectivity index (χ0v) is 13.1. The van der Waals surface area contributed by atoms with Crippen LogP contribution in [0.15, 0.2) is 30.3 Å². The summed E-state index contributed by atoms with van der Waals surface area (Å²) in [6.45, 7) is 9.53. The van der Waals surface area contributed by atoms with E-state index >= 15 is 0 Å². The van der Waals surface area contributed by atoms with E-state index in [2.05, 4.69) is 43.4 Å². The summed E-state index contributed by atoms with van der Waals surface area (Å²) >= 11 is 0. The first-order chi connectivity index (χ1) is 9.83. The molecule has 1 aromatic rings. The predicted molar refractivity (Wildman–Crippen MR) is 84.0 cm³/mol. The second kappa shape index (κ2) is 10.8. The number of nitrogens with one attached hydrogen (secondary N) is 1. The largest absolute Gasteiger partial charge is 0.380 e. The van der Waals surface area contributed by atoms with Crippen molar-refractivity contribution in [2.24, 2.45) is 0 Å². The topological polar surface area (TPSA) is 30.5 Å². The highest BCUT2D eigenvalue weighted by Gasteiger charge is 2.23.